The number of nitrogens with zero attached hydrogens (tertiary/aromatic N) is 3. The van der Waals surface area contributed by atoms with Crippen molar-refractivity contribution < 1.29 is 4.79 Å². The number of amides is 1. The van der Waals surface area contributed by atoms with Crippen molar-refractivity contribution >= 4 is 23.3 Å². The summed E-state index contributed by atoms with van der Waals surface area (Å²) in [5.41, 5.74) is 2.80. The highest BCUT2D eigenvalue weighted by Gasteiger charge is 2.19. The van der Waals surface area contributed by atoms with Gasteiger partial charge in [-0.05, 0) is 24.3 Å². The minimum absolute atomic E-state index is 0.286. The molecule has 0 radical (unpaired) electrons. The van der Waals surface area contributed by atoms with Gasteiger partial charge in [-0.25, -0.2) is 9.67 Å². The fourth-order valence-corrected chi connectivity index (χ4v) is 2.81. The van der Waals surface area contributed by atoms with E-state index in [0.717, 1.165) is 11.3 Å². The van der Waals surface area contributed by atoms with Gasteiger partial charge >= 0.3 is 0 Å². The number of benzene rings is 2. The lowest BCUT2D eigenvalue weighted by molar-refractivity contribution is 0.102. The Balaban J connectivity index is 1.74. The van der Waals surface area contributed by atoms with E-state index in [9.17, 15) is 4.79 Å². The Morgan fingerprint density at radius 3 is 2.30 bits per heavy atom. The lowest BCUT2D eigenvalue weighted by atomic mass is 10.1. The van der Waals surface area contributed by atoms with E-state index in [4.69, 9.17) is 11.6 Å². The Morgan fingerprint density at radius 2 is 1.63 bits per heavy atom. The van der Waals surface area contributed by atoms with Gasteiger partial charge in [-0.15, -0.1) is 0 Å². The van der Waals surface area contributed by atoms with Crippen LogP contribution in [0.3, 0.4) is 0 Å². The minimum atomic E-state index is -0.286. The first-order valence-electron chi connectivity index (χ1n) is 8.34. The molecule has 0 bridgehead atoms. The van der Waals surface area contributed by atoms with Crippen molar-refractivity contribution in [2.24, 2.45) is 0 Å². The summed E-state index contributed by atoms with van der Waals surface area (Å²) in [7, 11) is 0. The van der Waals surface area contributed by atoms with E-state index < -0.39 is 0 Å². The van der Waals surface area contributed by atoms with Crippen LogP contribution in [0, 0.1) is 0 Å². The normalized spacial score (nSPS) is 10.6. The Bertz CT molecular complexity index is 1060. The maximum atomic E-state index is 12.9. The number of hydrogen-bond donors (Lipinski definition) is 1. The number of carbonyl (C=O) groups is 1. The minimum Gasteiger partial charge on any atom is -0.306 e. The molecule has 0 atom stereocenters. The molecule has 27 heavy (non-hydrogen) atoms. The summed E-state index contributed by atoms with van der Waals surface area (Å²) in [5.74, 6) is 0.140. The van der Waals surface area contributed by atoms with Crippen molar-refractivity contribution in [1.29, 1.82) is 0 Å². The predicted molar refractivity (Wildman–Crippen MR) is 106 cm³/mol. The van der Waals surface area contributed by atoms with Gasteiger partial charge < -0.3 is 5.32 Å². The van der Waals surface area contributed by atoms with Crippen molar-refractivity contribution in [3.05, 3.63) is 95.8 Å². The number of hydrogen-bond acceptors (Lipinski definition) is 3. The summed E-state index contributed by atoms with van der Waals surface area (Å²) in [6.07, 6.45) is 3.21. The first-order valence-corrected chi connectivity index (χ1v) is 8.72. The second kappa shape index (κ2) is 7.43. The quantitative estimate of drug-likeness (QED) is 0.556. The number of rotatable bonds is 4. The van der Waals surface area contributed by atoms with Crippen LogP contribution in [0.5, 0.6) is 0 Å². The van der Waals surface area contributed by atoms with Crippen LogP contribution in [0.15, 0.2) is 85.2 Å². The largest absolute Gasteiger partial charge is 0.306 e. The molecule has 0 spiro atoms. The number of nitrogens with one attached hydrogen (secondary N) is 1. The summed E-state index contributed by atoms with van der Waals surface area (Å²) in [5, 5.41) is 7.95. The Kier molecular flexibility index (Phi) is 4.68. The molecule has 4 aromatic rings. The number of pyridine rings is 1. The number of carbonyl (C=O) groups excluding carboxylic acids is 1. The van der Waals surface area contributed by atoms with Crippen molar-refractivity contribution in [3.8, 4) is 16.9 Å². The van der Waals surface area contributed by atoms with Gasteiger partial charge in [-0.3, -0.25) is 4.79 Å². The van der Waals surface area contributed by atoms with Gasteiger partial charge in [0, 0.05) is 18.0 Å². The third-order valence-electron chi connectivity index (χ3n) is 4.00. The van der Waals surface area contributed by atoms with E-state index in [1.54, 1.807) is 23.0 Å². The van der Waals surface area contributed by atoms with E-state index in [1.165, 1.54) is 6.20 Å². The van der Waals surface area contributed by atoms with Crippen LogP contribution in [-0.2, 0) is 0 Å². The molecule has 4 rings (SSSR count). The lowest BCUT2D eigenvalue weighted by Gasteiger charge is -2.04. The number of halogens is 1. The molecule has 0 aliphatic rings. The molecule has 6 heteroatoms. The summed E-state index contributed by atoms with van der Waals surface area (Å²) in [4.78, 5) is 17.0. The molecule has 2 heterocycles. The van der Waals surface area contributed by atoms with Crippen molar-refractivity contribution in [1.82, 2.24) is 14.8 Å². The van der Waals surface area contributed by atoms with Crippen LogP contribution >= 0.6 is 11.6 Å². The maximum Gasteiger partial charge on any atom is 0.260 e. The Morgan fingerprint density at radius 1 is 0.926 bits per heavy atom. The zero-order valence-electron chi connectivity index (χ0n) is 14.2. The molecule has 5 nitrogen and oxygen atoms in total. The monoisotopic (exact) mass is 374 g/mol. The third kappa shape index (κ3) is 3.73. The second-order valence-electron chi connectivity index (χ2n) is 5.85. The van der Waals surface area contributed by atoms with Crippen LogP contribution in [0.4, 0.5) is 5.82 Å². The van der Waals surface area contributed by atoms with E-state index in [-0.39, 0.29) is 5.91 Å². The zero-order chi connectivity index (χ0) is 18.6. The van der Waals surface area contributed by atoms with Gasteiger partial charge in [0.05, 0.1) is 16.3 Å². The third-order valence-corrected chi connectivity index (χ3v) is 4.22. The van der Waals surface area contributed by atoms with Crippen molar-refractivity contribution in [2.45, 2.75) is 0 Å². The fraction of sp³-hybridized carbons (Fsp3) is 0. The maximum absolute atomic E-state index is 12.9. The van der Waals surface area contributed by atoms with Crippen LogP contribution in [0.2, 0.25) is 5.02 Å². The van der Waals surface area contributed by atoms with Gasteiger partial charge in [0.1, 0.15) is 11.5 Å². The summed E-state index contributed by atoms with van der Waals surface area (Å²) in [6, 6.07) is 22.6. The molecule has 2 aromatic heterocycles. The highest BCUT2D eigenvalue weighted by Crippen LogP contribution is 2.24. The van der Waals surface area contributed by atoms with Gasteiger partial charge in [0.25, 0.3) is 5.91 Å². The van der Waals surface area contributed by atoms with E-state index >= 15 is 0 Å². The van der Waals surface area contributed by atoms with Crippen LogP contribution in [0.25, 0.3) is 16.9 Å². The van der Waals surface area contributed by atoms with Crippen LogP contribution in [0.1, 0.15) is 10.4 Å². The Labute approximate surface area is 161 Å². The number of aromatic nitrogens is 3. The lowest BCUT2D eigenvalue weighted by Crippen LogP contribution is -2.13. The molecule has 0 aliphatic carbocycles. The first kappa shape index (κ1) is 17.0. The molecule has 2 aromatic carbocycles. The summed E-state index contributed by atoms with van der Waals surface area (Å²) >= 11 is 5.85. The topological polar surface area (TPSA) is 59.8 Å². The summed E-state index contributed by atoms with van der Waals surface area (Å²) in [6.45, 7) is 0. The first-order chi connectivity index (χ1) is 13.2. The SMILES string of the molecule is O=C(Nc1ccc(Cl)cn1)c1cn(-c2ccccc2)nc1-c1ccccc1. The van der Waals surface area contributed by atoms with Gasteiger partial charge in [0.15, 0.2) is 0 Å². The molecule has 0 saturated heterocycles. The fourth-order valence-electron chi connectivity index (χ4n) is 2.70. The second-order valence-corrected chi connectivity index (χ2v) is 6.29. The zero-order valence-corrected chi connectivity index (χ0v) is 15.0. The van der Waals surface area contributed by atoms with Crippen molar-refractivity contribution in [2.75, 3.05) is 5.32 Å². The highest BCUT2D eigenvalue weighted by molar-refractivity contribution is 6.30. The standard InChI is InChI=1S/C21H15ClN4O/c22-16-11-12-19(23-13-16)24-21(27)18-14-26(17-9-5-2-6-10-17)25-20(18)15-7-3-1-4-8-15/h1-14H,(H,23,24,27). The summed E-state index contributed by atoms with van der Waals surface area (Å²) < 4.78 is 1.70. The molecule has 0 fully saturated rings. The highest BCUT2D eigenvalue weighted by atomic mass is 35.5. The van der Waals surface area contributed by atoms with E-state index in [1.807, 2.05) is 60.7 Å². The molecule has 1 N–H and O–H groups in total. The van der Waals surface area contributed by atoms with Crippen molar-refractivity contribution in [3.63, 3.8) is 0 Å². The average molecular weight is 375 g/mol. The molecule has 132 valence electrons. The number of para-hydroxylation sites is 1. The predicted octanol–water partition coefficient (Wildman–Crippen LogP) is 4.84. The smallest absolute Gasteiger partial charge is 0.260 e. The van der Waals surface area contributed by atoms with Gasteiger partial charge in [-0.2, -0.15) is 5.10 Å². The van der Waals surface area contributed by atoms with Gasteiger partial charge in [0.2, 0.25) is 0 Å². The molecular weight excluding hydrogens is 360 g/mol. The van der Waals surface area contributed by atoms with Crippen LogP contribution < -0.4 is 5.32 Å². The van der Waals surface area contributed by atoms with Gasteiger partial charge in [-0.1, -0.05) is 60.1 Å². The van der Waals surface area contributed by atoms with E-state index in [2.05, 4.69) is 15.4 Å². The van der Waals surface area contributed by atoms with Crippen LogP contribution in [-0.4, -0.2) is 20.7 Å². The molecule has 0 aliphatic heterocycles. The molecule has 0 saturated carbocycles. The number of anilines is 1. The molecule has 0 unspecified atom stereocenters. The Hall–Kier alpha value is -3.44. The molecular formula is C21H15ClN4O. The average Bonchev–Trinajstić information content (AvgIpc) is 3.17. The molecule has 1 amide bonds. The van der Waals surface area contributed by atoms with E-state index in [0.29, 0.717) is 22.1 Å².